The Kier molecular flexibility index (Phi) is 8.90. The Morgan fingerprint density at radius 3 is 1.70 bits per heavy atom. The van der Waals surface area contributed by atoms with E-state index in [2.05, 4.69) is 4.72 Å². The lowest BCUT2D eigenvalue weighted by Crippen LogP contribution is -2.14. The minimum absolute atomic E-state index is 0.0104. The van der Waals surface area contributed by atoms with E-state index in [4.69, 9.17) is 22.4 Å². The van der Waals surface area contributed by atoms with E-state index >= 15 is 0 Å². The number of carboxylic acids is 2. The Morgan fingerprint density at radius 2 is 1.20 bits per heavy atom. The third kappa shape index (κ3) is 6.69. The van der Waals surface area contributed by atoms with Crippen molar-refractivity contribution in [1.29, 1.82) is 0 Å². The molecule has 2 aromatic heterocycles. The van der Waals surface area contributed by atoms with Gasteiger partial charge in [-0.15, -0.1) is 22.7 Å². The Labute approximate surface area is 243 Å². The van der Waals surface area contributed by atoms with E-state index in [-0.39, 0.29) is 25.4 Å². The number of carbonyl (C=O) groups is 2. The zero-order valence-corrected chi connectivity index (χ0v) is 23.7. The Morgan fingerprint density at radius 1 is 0.725 bits per heavy atom. The molecule has 0 aliphatic rings. The molecule has 2 heterocycles. The van der Waals surface area contributed by atoms with Gasteiger partial charge in [-0.25, -0.2) is 18.0 Å². The van der Waals surface area contributed by atoms with Crippen LogP contribution < -0.4 is 10.5 Å². The number of hydrogen-bond acceptors (Lipinski definition) is 7. The summed E-state index contributed by atoms with van der Waals surface area (Å²) in [5.41, 5.74) is 7.74. The van der Waals surface area contributed by atoms with Gasteiger partial charge in [0.05, 0.1) is 16.4 Å². The summed E-state index contributed by atoms with van der Waals surface area (Å²) in [7, 11) is -4.01. The normalized spacial score (nSPS) is 10.8. The molecule has 3 aromatic carbocycles. The number of rotatable bonds is 7. The standard InChI is InChI=1S/C17H12ClNO4S2.C11H9NO2S/c18-12-8-4-5-9-15(12)25(22,23)19-13-10-14(24-16(13)17(20)21)11-6-2-1-3-7-11;12-8-6-9(15-10(8)11(13)14)7-4-2-1-3-5-7/h1-10,19H,(H,20,21);1-6H,12H2,(H,13,14). The summed E-state index contributed by atoms with van der Waals surface area (Å²) in [4.78, 5) is 23.8. The van der Waals surface area contributed by atoms with Gasteiger partial charge >= 0.3 is 11.9 Å². The van der Waals surface area contributed by atoms with E-state index in [1.54, 1.807) is 18.2 Å². The number of benzene rings is 3. The van der Waals surface area contributed by atoms with E-state index in [1.165, 1.54) is 29.5 Å². The lowest BCUT2D eigenvalue weighted by atomic mass is 10.2. The van der Waals surface area contributed by atoms with E-state index in [0.29, 0.717) is 10.6 Å². The van der Waals surface area contributed by atoms with Gasteiger partial charge in [-0.1, -0.05) is 84.4 Å². The number of halogens is 1. The second-order valence-electron chi connectivity index (χ2n) is 8.13. The summed E-state index contributed by atoms with van der Waals surface area (Å²) < 4.78 is 27.5. The molecule has 12 heteroatoms. The van der Waals surface area contributed by atoms with Gasteiger partial charge < -0.3 is 15.9 Å². The summed E-state index contributed by atoms with van der Waals surface area (Å²) in [6, 6.07) is 27.9. The second-order valence-corrected chi connectivity index (χ2v) is 12.3. The van der Waals surface area contributed by atoms with Gasteiger partial charge in [-0.2, -0.15) is 0 Å². The molecular weight excluding hydrogens is 592 g/mol. The largest absolute Gasteiger partial charge is 0.477 e. The first-order chi connectivity index (χ1) is 19.1. The van der Waals surface area contributed by atoms with Crippen molar-refractivity contribution in [2.45, 2.75) is 4.90 Å². The molecule has 0 saturated carbocycles. The molecule has 0 saturated heterocycles. The van der Waals surface area contributed by atoms with Gasteiger partial charge in [-0.3, -0.25) is 4.72 Å². The van der Waals surface area contributed by atoms with Crippen LogP contribution in [0.2, 0.25) is 5.02 Å². The fourth-order valence-electron chi connectivity index (χ4n) is 3.55. The highest BCUT2D eigenvalue weighted by Gasteiger charge is 2.23. The predicted molar refractivity (Wildman–Crippen MR) is 160 cm³/mol. The summed E-state index contributed by atoms with van der Waals surface area (Å²) in [5, 5.41) is 18.3. The molecular formula is C28H21ClN2O6S3. The summed E-state index contributed by atoms with van der Waals surface area (Å²) in [6.45, 7) is 0. The number of nitrogens with one attached hydrogen (secondary N) is 1. The van der Waals surface area contributed by atoms with Crippen molar-refractivity contribution in [3.8, 4) is 20.9 Å². The van der Waals surface area contributed by atoms with Crippen LogP contribution in [0.5, 0.6) is 0 Å². The number of nitrogen functional groups attached to an aromatic ring is 1. The van der Waals surface area contributed by atoms with Gasteiger partial charge in [0.25, 0.3) is 10.0 Å². The highest BCUT2D eigenvalue weighted by Crippen LogP contribution is 2.36. The molecule has 40 heavy (non-hydrogen) atoms. The van der Waals surface area contributed by atoms with E-state index in [9.17, 15) is 23.1 Å². The molecule has 5 rings (SSSR count). The fourth-order valence-corrected chi connectivity index (χ4v) is 7.08. The number of nitrogens with two attached hydrogens (primary N) is 1. The van der Waals surface area contributed by atoms with Crippen LogP contribution in [-0.2, 0) is 10.0 Å². The minimum Gasteiger partial charge on any atom is -0.477 e. The highest BCUT2D eigenvalue weighted by molar-refractivity contribution is 7.92. The highest BCUT2D eigenvalue weighted by atomic mass is 35.5. The summed E-state index contributed by atoms with van der Waals surface area (Å²) >= 11 is 8.14. The van der Waals surface area contributed by atoms with Crippen LogP contribution in [0.15, 0.2) is 102 Å². The topological polar surface area (TPSA) is 147 Å². The second kappa shape index (κ2) is 12.3. The molecule has 0 aliphatic heterocycles. The maximum Gasteiger partial charge on any atom is 0.348 e. The van der Waals surface area contributed by atoms with Crippen LogP contribution in [0, 0.1) is 0 Å². The van der Waals surface area contributed by atoms with Crippen LogP contribution in [0.25, 0.3) is 20.9 Å². The van der Waals surface area contributed by atoms with Crippen molar-refractivity contribution < 1.29 is 28.2 Å². The quantitative estimate of drug-likeness (QED) is 0.151. The van der Waals surface area contributed by atoms with Crippen molar-refractivity contribution in [2.24, 2.45) is 0 Å². The van der Waals surface area contributed by atoms with Crippen molar-refractivity contribution in [3.05, 3.63) is 112 Å². The number of thiophene rings is 2. The number of aromatic carboxylic acids is 2. The third-order valence-electron chi connectivity index (χ3n) is 5.37. The molecule has 8 nitrogen and oxygen atoms in total. The molecule has 204 valence electrons. The summed E-state index contributed by atoms with van der Waals surface area (Å²) in [5.74, 6) is -2.18. The predicted octanol–water partition coefficient (Wildman–Crippen LogP) is 7.26. The fraction of sp³-hybridized carbons (Fsp3) is 0. The molecule has 5 N–H and O–H groups in total. The molecule has 0 spiro atoms. The number of sulfonamides is 1. The van der Waals surface area contributed by atoms with Crippen LogP contribution in [0.3, 0.4) is 0 Å². The van der Waals surface area contributed by atoms with E-state index in [1.807, 2.05) is 60.7 Å². The first-order valence-electron chi connectivity index (χ1n) is 11.4. The molecule has 0 unspecified atom stereocenters. The first kappa shape index (κ1) is 28.8. The lowest BCUT2D eigenvalue weighted by Gasteiger charge is -2.08. The van der Waals surface area contributed by atoms with E-state index < -0.39 is 22.0 Å². The monoisotopic (exact) mass is 612 g/mol. The van der Waals surface area contributed by atoms with E-state index in [0.717, 1.165) is 27.3 Å². The van der Waals surface area contributed by atoms with Crippen molar-refractivity contribution >= 4 is 67.6 Å². The zero-order chi connectivity index (χ0) is 28.9. The van der Waals surface area contributed by atoms with Crippen molar-refractivity contribution in [1.82, 2.24) is 0 Å². The number of anilines is 2. The van der Waals surface area contributed by atoms with Crippen LogP contribution in [0.1, 0.15) is 19.3 Å². The maximum absolute atomic E-state index is 12.6. The first-order valence-corrected chi connectivity index (χ1v) is 14.9. The smallest absolute Gasteiger partial charge is 0.348 e. The average Bonchev–Trinajstić information content (AvgIpc) is 3.54. The average molecular weight is 613 g/mol. The van der Waals surface area contributed by atoms with Gasteiger partial charge in [0.2, 0.25) is 0 Å². The van der Waals surface area contributed by atoms with Crippen molar-refractivity contribution in [3.63, 3.8) is 0 Å². The van der Waals surface area contributed by atoms with Gasteiger partial charge in [0.1, 0.15) is 14.6 Å². The lowest BCUT2D eigenvalue weighted by molar-refractivity contribution is 0.0692. The maximum atomic E-state index is 12.6. The van der Waals surface area contributed by atoms with Crippen LogP contribution >= 0.6 is 34.3 Å². The van der Waals surface area contributed by atoms with Crippen LogP contribution in [0.4, 0.5) is 11.4 Å². The van der Waals surface area contributed by atoms with Gasteiger partial charge in [-0.05, 0) is 35.4 Å². The minimum atomic E-state index is -4.01. The summed E-state index contributed by atoms with van der Waals surface area (Å²) in [6.07, 6.45) is 0. The molecule has 5 aromatic rings. The molecule has 0 bridgehead atoms. The van der Waals surface area contributed by atoms with Crippen molar-refractivity contribution in [2.75, 3.05) is 10.5 Å². The third-order valence-corrected chi connectivity index (χ3v) is 9.59. The van der Waals surface area contributed by atoms with Gasteiger partial charge in [0.15, 0.2) is 0 Å². The molecule has 0 aliphatic carbocycles. The SMILES string of the molecule is Nc1cc(-c2ccccc2)sc1C(=O)O.O=C(O)c1sc(-c2ccccc2)cc1NS(=O)(=O)c1ccccc1Cl. The Balaban J connectivity index is 0.000000210. The van der Waals surface area contributed by atoms with Crippen LogP contribution in [-0.4, -0.2) is 30.6 Å². The number of hydrogen-bond donors (Lipinski definition) is 4. The zero-order valence-electron chi connectivity index (χ0n) is 20.4. The molecule has 0 radical (unpaired) electrons. The Bertz CT molecular complexity index is 1770. The molecule has 0 amide bonds. The molecule has 0 fully saturated rings. The van der Waals surface area contributed by atoms with Gasteiger partial charge in [0, 0.05) is 9.75 Å². The Hall–Kier alpha value is -4.16. The molecule has 0 atom stereocenters. The number of carboxylic acid groups (broad SMARTS) is 2.